The van der Waals surface area contributed by atoms with Crippen molar-refractivity contribution in [3.05, 3.63) is 48.9 Å². The largest absolute Gasteiger partial charge is 0.354 e. The highest BCUT2D eigenvalue weighted by atomic mass is 15.1. The fourth-order valence-electron chi connectivity index (χ4n) is 3.47. The number of allylic oxidation sites excluding steroid dienone is 2. The summed E-state index contributed by atoms with van der Waals surface area (Å²) in [6.07, 6.45) is 12.8. The molecule has 3 atom stereocenters. The summed E-state index contributed by atoms with van der Waals surface area (Å²) in [5.74, 6) is 3.00. The molecule has 21 heavy (non-hydrogen) atoms. The summed E-state index contributed by atoms with van der Waals surface area (Å²) in [5, 5.41) is 3.41. The Balaban J connectivity index is 1.45. The summed E-state index contributed by atoms with van der Waals surface area (Å²) in [4.78, 5) is 13.1. The number of rotatable bonds is 4. The zero-order valence-corrected chi connectivity index (χ0v) is 11.8. The molecule has 0 unspecified atom stereocenters. The second-order valence-electron chi connectivity index (χ2n) is 5.93. The summed E-state index contributed by atoms with van der Waals surface area (Å²) in [6.45, 7) is 0.960. The molecule has 106 valence electrons. The lowest BCUT2D eigenvalue weighted by Gasteiger charge is -2.18. The van der Waals surface area contributed by atoms with Gasteiger partial charge in [0.2, 0.25) is 5.95 Å². The van der Waals surface area contributed by atoms with Gasteiger partial charge in [-0.05, 0) is 48.8 Å². The lowest BCUT2D eigenvalue weighted by Crippen LogP contribution is -2.19. The van der Waals surface area contributed by atoms with Crippen molar-refractivity contribution in [2.24, 2.45) is 17.8 Å². The van der Waals surface area contributed by atoms with Crippen LogP contribution in [-0.4, -0.2) is 21.5 Å². The van der Waals surface area contributed by atoms with Gasteiger partial charge in [0.1, 0.15) is 0 Å². The highest BCUT2D eigenvalue weighted by Gasteiger charge is 2.35. The van der Waals surface area contributed by atoms with Crippen LogP contribution in [0.4, 0.5) is 5.95 Å². The molecule has 4 rings (SSSR count). The van der Waals surface area contributed by atoms with Gasteiger partial charge >= 0.3 is 0 Å². The summed E-state index contributed by atoms with van der Waals surface area (Å²) in [6, 6.07) is 5.86. The third-order valence-electron chi connectivity index (χ3n) is 4.55. The van der Waals surface area contributed by atoms with E-state index in [1.54, 1.807) is 12.4 Å². The normalized spacial score (nSPS) is 26.2. The molecule has 2 heterocycles. The number of hydrogen-bond donors (Lipinski definition) is 1. The maximum absolute atomic E-state index is 4.59. The van der Waals surface area contributed by atoms with E-state index in [0.29, 0.717) is 5.95 Å². The maximum atomic E-state index is 4.59. The quantitative estimate of drug-likeness (QED) is 0.873. The molecule has 0 saturated heterocycles. The van der Waals surface area contributed by atoms with E-state index in [1.807, 2.05) is 24.4 Å². The van der Waals surface area contributed by atoms with E-state index in [4.69, 9.17) is 0 Å². The summed E-state index contributed by atoms with van der Waals surface area (Å²) in [7, 11) is 0. The number of nitrogens with zero attached hydrogens (tertiary/aromatic N) is 3. The van der Waals surface area contributed by atoms with Crippen molar-refractivity contribution in [1.29, 1.82) is 0 Å². The van der Waals surface area contributed by atoms with Gasteiger partial charge in [0.15, 0.2) is 0 Å². The second kappa shape index (κ2) is 5.28. The Labute approximate surface area is 124 Å². The van der Waals surface area contributed by atoms with Crippen LogP contribution in [0.5, 0.6) is 0 Å². The van der Waals surface area contributed by atoms with Gasteiger partial charge in [0.05, 0.1) is 5.69 Å². The number of anilines is 1. The zero-order chi connectivity index (χ0) is 14.1. The average molecular weight is 278 g/mol. The van der Waals surface area contributed by atoms with Crippen LogP contribution in [0.15, 0.2) is 48.9 Å². The van der Waals surface area contributed by atoms with Gasteiger partial charge in [0.25, 0.3) is 0 Å². The Morgan fingerprint density at radius 2 is 2.14 bits per heavy atom. The Kier molecular flexibility index (Phi) is 3.14. The van der Waals surface area contributed by atoms with Crippen molar-refractivity contribution in [2.45, 2.75) is 12.8 Å². The lowest BCUT2D eigenvalue weighted by atomic mass is 9.94. The van der Waals surface area contributed by atoms with E-state index in [9.17, 15) is 0 Å². The number of nitrogens with one attached hydrogen (secondary N) is 1. The Bertz CT molecular complexity index is 653. The smallest absolute Gasteiger partial charge is 0.223 e. The molecule has 0 radical (unpaired) electrons. The van der Waals surface area contributed by atoms with E-state index in [0.717, 1.165) is 35.6 Å². The molecular formula is C17H18N4. The fourth-order valence-corrected chi connectivity index (χ4v) is 3.47. The van der Waals surface area contributed by atoms with Gasteiger partial charge in [-0.15, -0.1) is 0 Å². The monoisotopic (exact) mass is 278 g/mol. The van der Waals surface area contributed by atoms with Crippen molar-refractivity contribution in [1.82, 2.24) is 15.0 Å². The minimum absolute atomic E-state index is 0.711. The van der Waals surface area contributed by atoms with Crippen LogP contribution in [0.3, 0.4) is 0 Å². The first-order valence-electron chi connectivity index (χ1n) is 7.54. The minimum Gasteiger partial charge on any atom is -0.354 e. The third kappa shape index (κ3) is 2.53. The van der Waals surface area contributed by atoms with Crippen molar-refractivity contribution in [2.75, 3.05) is 11.9 Å². The molecule has 2 aromatic heterocycles. The molecule has 4 nitrogen and oxygen atoms in total. The molecule has 0 aliphatic heterocycles. The molecule has 1 N–H and O–H groups in total. The molecule has 4 heteroatoms. The highest BCUT2D eigenvalue weighted by Crippen LogP contribution is 2.43. The van der Waals surface area contributed by atoms with Gasteiger partial charge in [-0.1, -0.05) is 12.2 Å². The number of fused-ring (bicyclic) bond motifs is 2. The van der Waals surface area contributed by atoms with Gasteiger partial charge in [-0.2, -0.15) is 0 Å². The summed E-state index contributed by atoms with van der Waals surface area (Å²) in [5.41, 5.74) is 1.93. The molecule has 0 amide bonds. The van der Waals surface area contributed by atoms with Crippen LogP contribution in [0.1, 0.15) is 12.8 Å². The van der Waals surface area contributed by atoms with E-state index in [1.165, 1.54) is 12.8 Å². The second-order valence-corrected chi connectivity index (χ2v) is 5.93. The zero-order valence-electron chi connectivity index (χ0n) is 11.8. The first-order chi connectivity index (χ1) is 10.4. The predicted molar refractivity (Wildman–Crippen MR) is 82.6 cm³/mol. The van der Waals surface area contributed by atoms with Crippen molar-refractivity contribution in [3.63, 3.8) is 0 Å². The van der Waals surface area contributed by atoms with Crippen LogP contribution in [-0.2, 0) is 0 Å². The molecule has 0 spiro atoms. The summed E-state index contributed by atoms with van der Waals surface area (Å²) >= 11 is 0. The molecule has 2 aliphatic rings. The molecule has 1 saturated carbocycles. The topological polar surface area (TPSA) is 50.7 Å². The molecule has 2 bridgehead atoms. The first kappa shape index (κ1) is 12.5. The standard InChI is InChI=1S/C17H18N4/c1-2-14(10-18-6-1)16-5-7-19-17(21-16)20-11-15-9-12-3-4-13(15)8-12/h1-7,10,12-13,15H,8-9,11H2,(H,19,20,21)/t12-,13+,15+/m1/s1. The summed E-state index contributed by atoms with van der Waals surface area (Å²) < 4.78 is 0. The molecular weight excluding hydrogens is 260 g/mol. The van der Waals surface area contributed by atoms with Crippen LogP contribution in [0.25, 0.3) is 11.3 Å². The molecule has 2 aliphatic carbocycles. The van der Waals surface area contributed by atoms with Gasteiger partial charge in [-0.3, -0.25) is 4.98 Å². The van der Waals surface area contributed by atoms with Crippen molar-refractivity contribution >= 4 is 5.95 Å². The van der Waals surface area contributed by atoms with Crippen LogP contribution in [0.2, 0.25) is 0 Å². The SMILES string of the molecule is C1=C[C@H]2C[C@@H]1C[C@H]2CNc1nccc(-c2cccnc2)n1. The van der Waals surface area contributed by atoms with Gasteiger partial charge in [0, 0.05) is 30.7 Å². The molecule has 1 fully saturated rings. The number of hydrogen-bond acceptors (Lipinski definition) is 4. The van der Waals surface area contributed by atoms with Crippen LogP contribution >= 0.6 is 0 Å². The van der Waals surface area contributed by atoms with E-state index in [2.05, 4.69) is 32.4 Å². The van der Waals surface area contributed by atoms with Crippen molar-refractivity contribution in [3.8, 4) is 11.3 Å². The maximum Gasteiger partial charge on any atom is 0.223 e. The third-order valence-corrected chi connectivity index (χ3v) is 4.55. The molecule has 2 aromatic rings. The Morgan fingerprint density at radius 3 is 2.90 bits per heavy atom. The average Bonchev–Trinajstić information content (AvgIpc) is 3.17. The highest BCUT2D eigenvalue weighted by molar-refractivity contribution is 5.58. The number of pyridine rings is 1. The van der Waals surface area contributed by atoms with Crippen LogP contribution < -0.4 is 5.32 Å². The van der Waals surface area contributed by atoms with E-state index in [-0.39, 0.29) is 0 Å². The van der Waals surface area contributed by atoms with Crippen molar-refractivity contribution < 1.29 is 0 Å². The minimum atomic E-state index is 0.711. The Hall–Kier alpha value is -2.23. The van der Waals surface area contributed by atoms with E-state index >= 15 is 0 Å². The van der Waals surface area contributed by atoms with Crippen LogP contribution in [0, 0.1) is 17.8 Å². The predicted octanol–water partition coefficient (Wildman–Crippen LogP) is 3.16. The fraction of sp³-hybridized carbons (Fsp3) is 0.353. The first-order valence-corrected chi connectivity index (χ1v) is 7.54. The Morgan fingerprint density at radius 1 is 1.14 bits per heavy atom. The van der Waals surface area contributed by atoms with E-state index < -0.39 is 0 Å². The number of aromatic nitrogens is 3. The van der Waals surface area contributed by atoms with Gasteiger partial charge < -0.3 is 5.32 Å². The lowest BCUT2D eigenvalue weighted by molar-refractivity contribution is 0.471. The van der Waals surface area contributed by atoms with Gasteiger partial charge in [-0.25, -0.2) is 9.97 Å². The molecule has 0 aromatic carbocycles.